The Morgan fingerprint density at radius 2 is 2.11 bits per heavy atom. The lowest BCUT2D eigenvalue weighted by molar-refractivity contribution is 0.0695. The second kappa shape index (κ2) is 4.94. The van der Waals surface area contributed by atoms with Gasteiger partial charge in [0.15, 0.2) is 0 Å². The summed E-state index contributed by atoms with van der Waals surface area (Å²) in [4.78, 5) is 11.3. The van der Waals surface area contributed by atoms with Crippen LogP contribution >= 0.6 is 15.9 Å². The zero-order valence-corrected chi connectivity index (χ0v) is 11.7. The summed E-state index contributed by atoms with van der Waals surface area (Å²) in [6.07, 6.45) is 1.78. The van der Waals surface area contributed by atoms with Crippen molar-refractivity contribution in [2.24, 2.45) is 0 Å². The van der Waals surface area contributed by atoms with Crippen LogP contribution in [0, 0.1) is 0 Å². The first kappa shape index (κ1) is 12.8. The van der Waals surface area contributed by atoms with Crippen molar-refractivity contribution in [2.75, 3.05) is 0 Å². The van der Waals surface area contributed by atoms with E-state index in [1.54, 1.807) is 29.1 Å². The van der Waals surface area contributed by atoms with Crippen molar-refractivity contribution >= 4 is 21.9 Å². The molecule has 0 saturated heterocycles. The molecule has 94 valence electrons. The first-order chi connectivity index (χ1) is 8.50. The van der Waals surface area contributed by atoms with Crippen molar-refractivity contribution in [3.05, 3.63) is 46.2 Å². The number of rotatable bonds is 3. The molecule has 0 fully saturated rings. The smallest absolute Gasteiger partial charge is 0.339 e. The zero-order valence-electron chi connectivity index (χ0n) is 10.1. The number of carboxylic acids is 1. The molecule has 5 heteroatoms. The van der Waals surface area contributed by atoms with Crippen LogP contribution in [0.4, 0.5) is 0 Å². The van der Waals surface area contributed by atoms with Gasteiger partial charge in [-0.05, 0) is 40.0 Å². The van der Waals surface area contributed by atoms with Crippen molar-refractivity contribution in [2.45, 2.75) is 19.8 Å². The molecule has 1 aromatic carbocycles. The molecule has 2 rings (SSSR count). The summed E-state index contributed by atoms with van der Waals surface area (Å²) in [7, 11) is 0. The van der Waals surface area contributed by atoms with E-state index in [4.69, 9.17) is 0 Å². The van der Waals surface area contributed by atoms with Crippen LogP contribution in [0.1, 0.15) is 35.8 Å². The van der Waals surface area contributed by atoms with Crippen LogP contribution in [0.15, 0.2) is 34.9 Å². The number of benzene rings is 1. The van der Waals surface area contributed by atoms with E-state index in [9.17, 15) is 9.90 Å². The summed E-state index contributed by atoms with van der Waals surface area (Å²) < 4.78 is 2.15. The van der Waals surface area contributed by atoms with Gasteiger partial charge >= 0.3 is 5.97 Å². The molecule has 18 heavy (non-hydrogen) atoms. The summed E-state index contributed by atoms with van der Waals surface area (Å²) >= 11 is 3.26. The standard InChI is InChI=1S/C13H13BrN2O2/c1-8(2)10-6-7-16(15-10)11-5-3-4-9(14)12(11)13(17)18/h3-8H,1-2H3,(H,17,18). The van der Waals surface area contributed by atoms with Gasteiger partial charge in [-0.25, -0.2) is 9.48 Å². The molecule has 0 spiro atoms. The molecule has 0 saturated carbocycles. The van der Waals surface area contributed by atoms with E-state index in [0.717, 1.165) is 5.69 Å². The third-order valence-corrected chi connectivity index (χ3v) is 3.31. The number of nitrogens with zero attached hydrogens (tertiary/aromatic N) is 2. The van der Waals surface area contributed by atoms with Crippen LogP contribution in [-0.2, 0) is 0 Å². The van der Waals surface area contributed by atoms with Crippen LogP contribution in [0.5, 0.6) is 0 Å². The third kappa shape index (κ3) is 2.31. The average Bonchev–Trinajstić information content (AvgIpc) is 2.77. The average molecular weight is 309 g/mol. The maximum absolute atomic E-state index is 11.3. The van der Waals surface area contributed by atoms with Crippen molar-refractivity contribution in [3.63, 3.8) is 0 Å². The first-order valence-electron chi connectivity index (χ1n) is 5.58. The van der Waals surface area contributed by atoms with E-state index in [2.05, 4.69) is 21.0 Å². The Hall–Kier alpha value is -1.62. The predicted octanol–water partition coefficient (Wildman–Crippen LogP) is 3.46. The molecule has 0 amide bonds. The molecule has 1 aromatic heterocycles. The fourth-order valence-electron chi connectivity index (χ4n) is 1.70. The number of hydrogen-bond donors (Lipinski definition) is 1. The summed E-state index contributed by atoms with van der Waals surface area (Å²) in [6.45, 7) is 4.09. The Labute approximate surface area is 113 Å². The van der Waals surface area contributed by atoms with Crippen LogP contribution in [-0.4, -0.2) is 20.9 Å². The van der Waals surface area contributed by atoms with Crippen molar-refractivity contribution < 1.29 is 9.90 Å². The van der Waals surface area contributed by atoms with Gasteiger partial charge in [0.05, 0.1) is 16.9 Å². The van der Waals surface area contributed by atoms with Gasteiger partial charge in [0.25, 0.3) is 0 Å². The van der Waals surface area contributed by atoms with Crippen LogP contribution in [0.3, 0.4) is 0 Å². The molecule has 0 unspecified atom stereocenters. The number of aromatic carboxylic acids is 1. The number of carboxylic acid groups (broad SMARTS) is 1. The van der Waals surface area contributed by atoms with Crippen LogP contribution in [0.2, 0.25) is 0 Å². The Balaban J connectivity index is 2.56. The van der Waals surface area contributed by atoms with Gasteiger partial charge in [0.2, 0.25) is 0 Å². The molecule has 2 aromatic rings. The Morgan fingerprint density at radius 3 is 2.67 bits per heavy atom. The Kier molecular flexibility index (Phi) is 3.52. The Bertz CT molecular complexity index is 590. The monoisotopic (exact) mass is 308 g/mol. The van der Waals surface area contributed by atoms with Gasteiger partial charge in [-0.15, -0.1) is 0 Å². The van der Waals surface area contributed by atoms with Crippen molar-refractivity contribution in [1.82, 2.24) is 9.78 Å². The molecular formula is C13H13BrN2O2. The molecule has 0 aliphatic heterocycles. The molecule has 0 atom stereocenters. The Morgan fingerprint density at radius 1 is 1.39 bits per heavy atom. The molecule has 0 bridgehead atoms. The molecule has 4 nitrogen and oxygen atoms in total. The van der Waals surface area contributed by atoms with Crippen LogP contribution in [0.25, 0.3) is 5.69 Å². The predicted molar refractivity (Wildman–Crippen MR) is 72.3 cm³/mol. The van der Waals surface area contributed by atoms with Crippen LogP contribution < -0.4 is 0 Å². The quantitative estimate of drug-likeness (QED) is 0.944. The summed E-state index contributed by atoms with van der Waals surface area (Å²) in [5.74, 6) is -0.661. The van der Waals surface area contributed by atoms with E-state index >= 15 is 0 Å². The lowest BCUT2D eigenvalue weighted by Gasteiger charge is -2.08. The molecule has 1 heterocycles. The van der Waals surface area contributed by atoms with Crippen molar-refractivity contribution in [1.29, 1.82) is 0 Å². The SMILES string of the molecule is CC(C)c1ccn(-c2cccc(Br)c2C(=O)O)n1. The topological polar surface area (TPSA) is 55.1 Å². The van der Waals surface area contributed by atoms with E-state index in [0.29, 0.717) is 16.1 Å². The molecule has 1 N–H and O–H groups in total. The van der Waals surface area contributed by atoms with Gasteiger partial charge in [-0.3, -0.25) is 0 Å². The molecular weight excluding hydrogens is 296 g/mol. The van der Waals surface area contributed by atoms with Gasteiger partial charge < -0.3 is 5.11 Å². The van der Waals surface area contributed by atoms with Gasteiger partial charge in [-0.2, -0.15) is 5.10 Å². The highest BCUT2D eigenvalue weighted by Gasteiger charge is 2.16. The number of aromatic nitrogens is 2. The summed E-state index contributed by atoms with van der Waals surface area (Å²) in [5.41, 5.74) is 1.71. The van der Waals surface area contributed by atoms with Gasteiger partial charge in [0.1, 0.15) is 0 Å². The largest absolute Gasteiger partial charge is 0.478 e. The minimum Gasteiger partial charge on any atom is -0.478 e. The maximum atomic E-state index is 11.3. The van der Waals surface area contributed by atoms with E-state index in [-0.39, 0.29) is 5.56 Å². The maximum Gasteiger partial charge on any atom is 0.339 e. The minimum atomic E-state index is -0.973. The highest BCUT2D eigenvalue weighted by molar-refractivity contribution is 9.10. The second-order valence-electron chi connectivity index (χ2n) is 4.28. The number of hydrogen-bond acceptors (Lipinski definition) is 2. The molecule has 0 radical (unpaired) electrons. The molecule has 0 aliphatic rings. The summed E-state index contributed by atoms with van der Waals surface area (Å²) in [6, 6.07) is 7.14. The van der Waals surface area contributed by atoms with Gasteiger partial charge in [0, 0.05) is 10.7 Å². The highest BCUT2D eigenvalue weighted by atomic mass is 79.9. The number of carbonyl (C=O) groups is 1. The fourth-order valence-corrected chi connectivity index (χ4v) is 2.22. The zero-order chi connectivity index (χ0) is 13.3. The fraction of sp³-hybridized carbons (Fsp3) is 0.231. The van der Waals surface area contributed by atoms with E-state index < -0.39 is 5.97 Å². The number of halogens is 1. The molecule has 0 aliphatic carbocycles. The lowest BCUT2D eigenvalue weighted by atomic mass is 10.1. The van der Waals surface area contributed by atoms with Crippen molar-refractivity contribution in [3.8, 4) is 5.69 Å². The normalized spacial score (nSPS) is 10.9. The van der Waals surface area contributed by atoms with E-state index in [1.165, 1.54) is 0 Å². The van der Waals surface area contributed by atoms with Gasteiger partial charge in [-0.1, -0.05) is 19.9 Å². The second-order valence-corrected chi connectivity index (χ2v) is 5.13. The minimum absolute atomic E-state index is 0.218. The third-order valence-electron chi connectivity index (χ3n) is 2.65. The summed E-state index contributed by atoms with van der Waals surface area (Å²) in [5, 5.41) is 13.6. The first-order valence-corrected chi connectivity index (χ1v) is 6.37. The van der Waals surface area contributed by atoms with E-state index in [1.807, 2.05) is 19.9 Å². The lowest BCUT2D eigenvalue weighted by Crippen LogP contribution is -2.07. The highest BCUT2D eigenvalue weighted by Crippen LogP contribution is 2.24.